The standard InChI is InChI=1S/C13H17NO2S/c1-9-11(7-15)3-2-4-12(9)14-6-10(8-17)5-13(14)16/h2-4,10,15,17H,5-8H2,1H3. The summed E-state index contributed by atoms with van der Waals surface area (Å²) in [6.45, 7) is 2.69. The van der Waals surface area contributed by atoms with Crippen molar-refractivity contribution >= 4 is 24.2 Å². The highest BCUT2D eigenvalue weighted by Gasteiger charge is 2.30. The van der Waals surface area contributed by atoms with Crippen molar-refractivity contribution in [2.45, 2.75) is 20.0 Å². The number of benzene rings is 1. The molecule has 1 atom stereocenters. The minimum atomic E-state index is 0.0116. The number of hydrogen-bond acceptors (Lipinski definition) is 3. The second kappa shape index (κ2) is 5.10. The van der Waals surface area contributed by atoms with Crippen LogP contribution in [-0.4, -0.2) is 23.3 Å². The molecule has 1 saturated heterocycles. The molecule has 1 heterocycles. The van der Waals surface area contributed by atoms with Gasteiger partial charge in [-0.3, -0.25) is 4.79 Å². The van der Waals surface area contributed by atoms with E-state index in [1.54, 1.807) is 0 Å². The lowest BCUT2D eigenvalue weighted by Crippen LogP contribution is -2.25. The van der Waals surface area contributed by atoms with E-state index in [4.69, 9.17) is 0 Å². The average Bonchev–Trinajstić information content (AvgIpc) is 2.71. The lowest BCUT2D eigenvalue weighted by atomic mass is 10.1. The predicted octanol–water partition coefficient (Wildman–Crippen LogP) is 1.77. The fraction of sp³-hybridized carbons (Fsp3) is 0.462. The van der Waals surface area contributed by atoms with E-state index >= 15 is 0 Å². The molecule has 1 aliphatic heterocycles. The molecular weight excluding hydrogens is 234 g/mol. The Hall–Kier alpha value is -1.00. The van der Waals surface area contributed by atoms with Crippen LogP contribution in [0.1, 0.15) is 17.5 Å². The van der Waals surface area contributed by atoms with Gasteiger partial charge in [0.2, 0.25) is 5.91 Å². The zero-order valence-corrected chi connectivity index (χ0v) is 10.8. The molecule has 1 aromatic rings. The molecule has 1 aromatic carbocycles. The van der Waals surface area contributed by atoms with E-state index in [9.17, 15) is 9.90 Å². The second-order valence-corrected chi connectivity index (χ2v) is 4.84. The van der Waals surface area contributed by atoms with Gasteiger partial charge >= 0.3 is 0 Å². The number of anilines is 1. The van der Waals surface area contributed by atoms with Gasteiger partial charge in [-0.25, -0.2) is 0 Å². The normalized spacial score (nSPS) is 20.1. The van der Waals surface area contributed by atoms with Crippen LogP contribution in [0.4, 0.5) is 5.69 Å². The number of amides is 1. The molecule has 1 fully saturated rings. The highest BCUT2D eigenvalue weighted by molar-refractivity contribution is 7.80. The van der Waals surface area contributed by atoms with Gasteiger partial charge in [0.1, 0.15) is 0 Å². The topological polar surface area (TPSA) is 40.5 Å². The van der Waals surface area contributed by atoms with Crippen LogP contribution in [0.3, 0.4) is 0 Å². The number of thiol groups is 1. The minimum absolute atomic E-state index is 0.0116. The Morgan fingerprint density at radius 1 is 1.53 bits per heavy atom. The van der Waals surface area contributed by atoms with Crippen LogP contribution in [-0.2, 0) is 11.4 Å². The van der Waals surface area contributed by atoms with Crippen molar-refractivity contribution in [3.05, 3.63) is 29.3 Å². The van der Waals surface area contributed by atoms with Crippen LogP contribution < -0.4 is 4.90 Å². The van der Waals surface area contributed by atoms with Crippen LogP contribution in [0.2, 0.25) is 0 Å². The average molecular weight is 251 g/mol. The lowest BCUT2D eigenvalue weighted by Gasteiger charge is -2.20. The van der Waals surface area contributed by atoms with E-state index < -0.39 is 0 Å². The minimum Gasteiger partial charge on any atom is -0.392 e. The maximum Gasteiger partial charge on any atom is 0.227 e. The molecule has 0 saturated carbocycles. The smallest absolute Gasteiger partial charge is 0.227 e. The molecule has 0 aliphatic carbocycles. The zero-order valence-electron chi connectivity index (χ0n) is 9.89. The number of nitrogens with zero attached hydrogens (tertiary/aromatic N) is 1. The van der Waals surface area contributed by atoms with E-state index in [-0.39, 0.29) is 12.5 Å². The molecule has 92 valence electrons. The summed E-state index contributed by atoms with van der Waals surface area (Å²) in [4.78, 5) is 13.7. The summed E-state index contributed by atoms with van der Waals surface area (Å²) in [5, 5.41) is 9.23. The second-order valence-electron chi connectivity index (χ2n) is 4.48. The Kier molecular flexibility index (Phi) is 3.74. The van der Waals surface area contributed by atoms with Gasteiger partial charge in [0.25, 0.3) is 0 Å². The zero-order chi connectivity index (χ0) is 12.4. The largest absolute Gasteiger partial charge is 0.392 e. The van der Waals surface area contributed by atoms with Crippen molar-refractivity contribution in [2.75, 3.05) is 17.2 Å². The summed E-state index contributed by atoms with van der Waals surface area (Å²) in [7, 11) is 0. The van der Waals surface area contributed by atoms with E-state index in [1.165, 1.54) is 0 Å². The fourth-order valence-corrected chi connectivity index (χ4v) is 2.51. The lowest BCUT2D eigenvalue weighted by molar-refractivity contribution is -0.117. The van der Waals surface area contributed by atoms with Gasteiger partial charge in [-0.2, -0.15) is 12.6 Å². The van der Waals surface area contributed by atoms with Crippen LogP contribution in [0, 0.1) is 12.8 Å². The van der Waals surface area contributed by atoms with Crippen molar-refractivity contribution in [1.29, 1.82) is 0 Å². The number of carbonyl (C=O) groups is 1. The summed E-state index contributed by atoms with van der Waals surface area (Å²) in [5.41, 5.74) is 2.79. The van der Waals surface area contributed by atoms with Crippen molar-refractivity contribution in [3.63, 3.8) is 0 Å². The van der Waals surface area contributed by atoms with E-state index in [0.717, 1.165) is 29.1 Å². The molecule has 2 rings (SSSR count). The summed E-state index contributed by atoms with van der Waals surface area (Å²) in [6.07, 6.45) is 0.576. The first-order valence-corrected chi connectivity index (χ1v) is 6.41. The summed E-state index contributed by atoms with van der Waals surface area (Å²) >= 11 is 4.26. The van der Waals surface area contributed by atoms with Crippen LogP contribution in [0.25, 0.3) is 0 Å². The molecule has 0 aromatic heterocycles. The summed E-state index contributed by atoms with van der Waals surface area (Å²) in [5.74, 6) is 1.23. The number of aliphatic hydroxyl groups is 1. The Balaban J connectivity index is 2.32. The van der Waals surface area contributed by atoms with Gasteiger partial charge in [-0.1, -0.05) is 12.1 Å². The molecule has 1 unspecified atom stereocenters. The molecular formula is C13H17NO2S. The monoisotopic (exact) mass is 251 g/mol. The maximum absolute atomic E-state index is 11.9. The van der Waals surface area contributed by atoms with E-state index in [1.807, 2.05) is 30.0 Å². The van der Waals surface area contributed by atoms with Crippen molar-refractivity contribution in [3.8, 4) is 0 Å². The van der Waals surface area contributed by atoms with Gasteiger partial charge in [0.05, 0.1) is 6.61 Å². The number of rotatable bonds is 3. The summed E-state index contributed by atoms with van der Waals surface area (Å²) in [6, 6.07) is 5.71. The van der Waals surface area contributed by atoms with Crippen molar-refractivity contribution in [1.82, 2.24) is 0 Å². The van der Waals surface area contributed by atoms with Crippen LogP contribution in [0.15, 0.2) is 18.2 Å². The third kappa shape index (κ3) is 2.33. The van der Waals surface area contributed by atoms with Gasteiger partial charge in [0, 0.05) is 18.7 Å². The molecule has 4 heteroatoms. The highest BCUT2D eigenvalue weighted by atomic mass is 32.1. The van der Waals surface area contributed by atoms with E-state index in [0.29, 0.717) is 12.3 Å². The first kappa shape index (κ1) is 12.5. The molecule has 1 aliphatic rings. The molecule has 1 N–H and O–H groups in total. The molecule has 0 radical (unpaired) electrons. The first-order chi connectivity index (χ1) is 8.17. The van der Waals surface area contributed by atoms with Gasteiger partial charge < -0.3 is 10.0 Å². The van der Waals surface area contributed by atoms with Crippen molar-refractivity contribution in [2.24, 2.45) is 5.92 Å². The van der Waals surface area contributed by atoms with Gasteiger partial charge in [-0.15, -0.1) is 0 Å². The number of aliphatic hydroxyl groups excluding tert-OH is 1. The number of hydrogen-bond donors (Lipinski definition) is 2. The summed E-state index contributed by atoms with van der Waals surface area (Å²) < 4.78 is 0. The maximum atomic E-state index is 11.9. The fourth-order valence-electron chi connectivity index (χ4n) is 2.27. The van der Waals surface area contributed by atoms with Gasteiger partial charge in [0.15, 0.2) is 0 Å². The van der Waals surface area contributed by atoms with Gasteiger partial charge in [-0.05, 0) is 35.8 Å². The van der Waals surface area contributed by atoms with E-state index in [2.05, 4.69) is 12.6 Å². The van der Waals surface area contributed by atoms with Crippen LogP contribution >= 0.6 is 12.6 Å². The van der Waals surface area contributed by atoms with Crippen LogP contribution in [0.5, 0.6) is 0 Å². The Morgan fingerprint density at radius 3 is 2.88 bits per heavy atom. The first-order valence-electron chi connectivity index (χ1n) is 5.78. The third-order valence-corrected chi connectivity index (χ3v) is 3.86. The molecule has 0 spiro atoms. The highest BCUT2D eigenvalue weighted by Crippen LogP contribution is 2.29. The Labute approximate surface area is 107 Å². The molecule has 0 bridgehead atoms. The molecule has 3 nitrogen and oxygen atoms in total. The third-order valence-electron chi connectivity index (χ3n) is 3.34. The molecule has 17 heavy (non-hydrogen) atoms. The van der Waals surface area contributed by atoms with Crippen molar-refractivity contribution < 1.29 is 9.90 Å². The predicted molar refractivity (Wildman–Crippen MR) is 71.4 cm³/mol. The quantitative estimate of drug-likeness (QED) is 0.804. The SMILES string of the molecule is Cc1c(CO)cccc1N1CC(CS)CC1=O. The Bertz CT molecular complexity index is 433. The Morgan fingerprint density at radius 2 is 2.29 bits per heavy atom. The number of carbonyl (C=O) groups excluding carboxylic acids is 1. The molecule has 1 amide bonds.